The van der Waals surface area contributed by atoms with E-state index in [2.05, 4.69) is 96.8 Å². The highest BCUT2D eigenvalue weighted by atomic mass is 16.3. The fourth-order valence-corrected chi connectivity index (χ4v) is 13.0. The number of aromatic nitrogens is 4. The number of hydrogen-bond acceptors (Lipinski definition) is 24. The van der Waals surface area contributed by atoms with Crippen molar-refractivity contribution in [1.82, 2.24) is 39.5 Å². The van der Waals surface area contributed by atoms with Crippen LogP contribution in [0.5, 0.6) is 23.5 Å². The van der Waals surface area contributed by atoms with Gasteiger partial charge >= 0.3 is 0 Å². The lowest BCUT2D eigenvalue weighted by atomic mass is 9.99. The summed E-state index contributed by atoms with van der Waals surface area (Å²) in [7, 11) is 1.38. The minimum atomic E-state index is -0.523. The van der Waals surface area contributed by atoms with Crippen molar-refractivity contribution in [3.05, 3.63) is 205 Å². The van der Waals surface area contributed by atoms with Crippen molar-refractivity contribution in [2.24, 2.45) is 59.8 Å². The number of unbranched alkanes of at least 4 members (excludes halogenated alkanes) is 8. The van der Waals surface area contributed by atoms with Crippen LogP contribution in [-0.4, -0.2) is 88.5 Å². The maximum Gasteiger partial charge on any atom is 0.281 e. The predicted molar refractivity (Wildman–Crippen MR) is 486 cm³/mol. The van der Waals surface area contributed by atoms with Crippen LogP contribution in [-0.2, 0) is 33.1 Å². The normalized spacial score (nSPS) is 11.4. The second kappa shape index (κ2) is 53.9. The van der Waals surface area contributed by atoms with Gasteiger partial charge in [-0.1, -0.05) is 132 Å². The van der Waals surface area contributed by atoms with Crippen LogP contribution in [0.25, 0.3) is 0 Å². The van der Waals surface area contributed by atoms with E-state index in [1.54, 1.807) is 118 Å². The van der Waals surface area contributed by atoms with E-state index in [9.17, 15) is 79.8 Å². The Kier molecular flexibility index (Phi) is 43.9. The zero-order chi connectivity index (χ0) is 93.0. The van der Waals surface area contributed by atoms with Crippen LogP contribution in [0.15, 0.2) is 157 Å². The van der Waals surface area contributed by atoms with Crippen molar-refractivity contribution in [3.8, 4) is 47.8 Å². The van der Waals surface area contributed by atoms with Crippen molar-refractivity contribution >= 4 is 69.1 Å². The molecule has 126 heavy (non-hydrogen) atoms. The highest BCUT2D eigenvalue weighted by molar-refractivity contribution is 5.96. The van der Waals surface area contributed by atoms with E-state index in [4.69, 9.17) is 0 Å². The number of azo groups is 4. The zero-order valence-corrected chi connectivity index (χ0v) is 75.0. The van der Waals surface area contributed by atoms with Crippen molar-refractivity contribution in [2.75, 3.05) is 26.2 Å². The minimum absolute atomic E-state index is 0.0148. The quantitative estimate of drug-likeness (QED) is 0.0131. The van der Waals surface area contributed by atoms with Gasteiger partial charge in [0.1, 0.15) is 46.5 Å². The predicted octanol–water partition coefficient (Wildman–Crippen LogP) is 19.7. The van der Waals surface area contributed by atoms with Crippen molar-refractivity contribution in [2.45, 2.75) is 232 Å². The first-order chi connectivity index (χ1) is 60.6. The number of hydrogen-bond donors (Lipinski definition) is 8. The van der Waals surface area contributed by atoms with E-state index in [-0.39, 0.29) is 115 Å². The Morgan fingerprint density at radius 1 is 0.365 bits per heavy atom. The first kappa shape index (κ1) is 103. The third-order valence-corrected chi connectivity index (χ3v) is 21.0. The fraction of sp³-hybridized carbons (Fsp3) is 0.447. The van der Waals surface area contributed by atoms with Gasteiger partial charge in [-0.05, 0) is 188 Å². The average Bonchev–Trinajstić information content (AvgIpc) is 0.793. The van der Waals surface area contributed by atoms with E-state index in [0.29, 0.717) is 122 Å². The summed E-state index contributed by atoms with van der Waals surface area (Å²) in [6.45, 7) is 28.2. The van der Waals surface area contributed by atoms with Gasteiger partial charge in [-0.2, -0.15) is 41.5 Å². The van der Waals surface area contributed by atoms with Gasteiger partial charge in [-0.15, -0.1) is 20.5 Å². The molecule has 668 valence electrons. The first-order valence-corrected chi connectivity index (χ1v) is 43.3. The second-order valence-corrected chi connectivity index (χ2v) is 30.1. The summed E-state index contributed by atoms with van der Waals surface area (Å²) < 4.78 is 4.59. The third kappa shape index (κ3) is 29.1. The molecule has 0 aliphatic heterocycles. The molecule has 4 aromatic carbocycles. The third-order valence-electron chi connectivity index (χ3n) is 21.0. The van der Waals surface area contributed by atoms with Gasteiger partial charge in [0.2, 0.25) is 23.5 Å². The highest BCUT2D eigenvalue weighted by Crippen LogP contribution is 2.34. The summed E-state index contributed by atoms with van der Waals surface area (Å²) in [4.78, 5) is 99.7. The van der Waals surface area contributed by atoms with Crippen LogP contribution in [0.4, 0.5) is 45.5 Å². The SMILES string of the molecule is CCCCC(CC)CNC(=O)c1ccc(N=Nc2c(C)c(C#N)c(O)n(CCCC)c2=O)cc1.CCCCC(CC)Cn1c(O)c(C#N)c(C)c(N=Nc2ccc(C(=O)NCC)cc2)c1=O.CCCCCCn1c(O)c(C#N)c(C)c(N=Nc2ccc(C(=O)NCCCC)cc2)c1=O.CCCCc1c(C#N)c(O)n(C)c(=O)c1N=Nc1ccc(C(=O)NCC)cc1. The van der Waals surface area contributed by atoms with Gasteiger partial charge < -0.3 is 41.7 Å². The number of nitriles is 4. The van der Waals surface area contributed by atoms with Crippen LogP contribution in [0, 0.1) is 77.9 Å². The number of amides is 4. The smallest absolute Gasteiger partial charge is 0.281 e. The summed E-state index contributed by atoms with van der Waals surface area (Å²) >= 11 is 0. The van der Waals surface area contributed by atoms with Crippen molar-refractivity contribution < 1.29 is 39.6 Å². The molecule has 4 aromatic heterocycles. The Bertz CT molecular complexity index is 5560. The molecular weight excluding hydrogens is 1600 g/mol. The average molecular weight is 1720 g/mol. The lowest BCUT2D eigenvalue weighted by molar-refractivity contribution is 0.0939. The molecule has 4 heterocycles. The Morgan fingerprint density at radius 3 is 1.06 bits per heavy atom. The summed E-state index contributed by atoms with van der Waals surface area (Å²) in [6, 6.07) is 34.0. The Balaban J connectivity index is 0.000000299. The second-order valence-electron chi connectivity index (χ2n) is 30.1. The first-order valence-electron chi connectivity index (χ1n) is 43.3. The van der Waals surface area contributed by atoms with E-state index in [1.807, 2.05) is 58.9 Å². The molecule has 0 aliphatic rings. The Labute approximate surface area is 736 Å². The van der Waals surface area contributed by atoms with Crippen LogP contribution >= 0.6 is 0 Å². The van der Waals surface area contributed by atoms with Gasteiger partial charge in [-0.3, -0.25) is 56.6 Å². The molecule has 4 amide bonds. The number of pyridine rings is 4. The maximum atomic E-state index is 13.1. The molecule has 32 heteroatoms. The summed E-state index contributed by atoms with van der Waals surface area (Å²) in [6.07, 6.45) is 17.5. The molecule has 8 rings (SSSR count). The molecule has 0 fully saturated rings. The van der Waals surface area contributed by atoms with Gasteiger partial charge in [0, 0.05) is 97.4 Å². The molecule has 2 atom stereocenters. The van der Waals surface area contributed by atoms with E-state index in [0.717, 1.165) is 107 Å². The number of benzene rings is 4. The number of rotatable bonds is 40. The molecule has 0 saturated carbocycles. The van der Waals surface area contributed by atoms with Crippen LogP contribution in [0.2, 0.25) is 0 Å². The molecule has 0 bridgehead atoms. The Morgan fingerprint density at radius 2 is 0.698 bits per heavy atom. The number of nitrogens with one attached hydrogen (secondary N) is 4. The lowest BCUT2D eigenvalue weighted by Gasteiger charge is -2.19. The van der Waals surface area contributed by atoms with E-state index >= 15 is 0 Å². The molecule has 8 aromatic rings. The molecule has 0 saturated heterocycles. The standard InChI is InChI=1S/C26H35N5O3.2C24H31N5O3.C20H23N5O3/c1-5-8-10-19(7-3)17-28-24(32)20-11-13-21(14-12-20)29-30-23-18(4)22(16-27)25(33)31(26(23)34)15-9-6-2;1-5-8-9-17(6-2)15-29-23(31)20(14-25)16(4)21(24(29)32)28-27-19-12-10-18(11-13-19)22(30)26-7-3;1-4-6-8-9-15-29-23(31)20(16-25)17(3)21(24(29)32)28-27-19-12-10-18(11-13-19)22(30)26-14-7-5-2;1-4-6-7-15-16(12-21)19(27)25(3)20(28)17(15)24-23-14-10-8-13(9-11-14)18(26)22-5-2/h11-14,19,33H,5-10,15,17H2,1-4H3,(H,28,32);10-13,17,31H,5-9,15H2,1-4H3,(H,26,30);10-13,31H,4-9,14-15H2,1-3H3,(H,26,30);8-11,27H,4-7H2,1-3H3,(H,22,26). The molecular formula is C94H120N20O12. The van der Waals surface area contributed by atoms with Gasteiger partial charge in [0.25, 0.3) is 45.9 Å². The highest BCUT2D eigenvalue weighted by Gasteiger charge is 2.25. The topological polar surface area (TPSA) is 479 Å². The van der Waals surface area contributed by atoms with Crippen LogP contribution in [0.3, 0.4) is 0 Å². The zero-order valence-electron chi connectivity index (χ0n) is 75.0. The summed E-state index contributed by atoms with van der Waals surface area (Å²) in [5.74, 6) is -1.33. The number of carbonyl (C=O) groups is 4. The summed E-state index contributed by atoms with van der Waals surface area (Å²) in [5.41, 5.74) is 3.39. The molecule has 2 unspecified atom stereocenters. The molecule has 0 radical (unpaired) electrons. The molecule has 0 spiro atoms. The number of nitrogens with zero attached hydrogens (tertiary/aromatic N) is 16. The minimum Gasteiger partial charge on any atom is -0.493 e. The van der Waals surface area contributed by atoms with Crippen molar-refractivity contribution in [1.29, 1.82) is 21.0 Å². The molecule has 8 N–H and O–H groups in total. The number of carbonyl (C=O) groups excluding carboxylic acids is 4. The van der Waals surface area contributed by atoms with Crippen LogP contribution < -0.4 is 43.5 Å². The summed E-state index contributed by atoms with van der Waals surface area (Å²) in [5, 5.41) is 123. The fourth-order valence-electron chi connectivity index (χ4n) is 13.0. The van der Waals surface area contributed by atoms with Gasteiger partial charge in [0.15, 0.2) is 22.7 Å². The van der Waals surface area contributed by atoms with E-state index in [1.165, 1.54) is 20.7 Å². The van der Waals surface area contributed by atoms with Gasteiger partial charge in [-0.25, -0.2) is 0 Å². The van der Waals surface area contributed by atoms with E-state index < -0.39 is 22.2 Å². The lowest BCUT2D eigenvalue weighted by Crippen LogP contribution is -2.29. The van der Waals surface area contributed by atoms with Crippen LogP contribution in [0.1, 0.15) is 271 Å². The molecule has 32 nitrogen and oxygen atoms in total. The van der Waals surface area contributed by atoms with Gasteiger partial charge in [0.05, 0.1) is 22.7 Å². The maximum absolute atomic E-state index is 13.1. The monoisotopic (exact) mass is 1720 g/mol. The van der Waals surface area contributed by atoms with Crippen molar-refractivity contribution in [3.63, 3.8) is 0 Å². The number of aromatic hydroxyl groups is 4. The molecule has 0 aliphatic carbocycles. The Hall–Kier alpha value is -13.9. The largest absolute Gasteiger partial charge is 0.493 e.